The summed E-state index contributed by atoms with van der Waals surface area (Å²) in [6.45, 7) is 9.07. The van der Waals surface area contributed by atoms with Crippen molar-refractivity contribution in [2.24, 2.45) is 5.41 Å². The second kappa shape index (κ2) is 4.71. The average molecular weight is 248 g/mol. The third-order valence-corrected chi connectivity index (χ3v) is 4.12. The summed E-state index contributed by atoms with van der Waals surface area (Å²) in [5.74, 6) is 1.13. The van der Waals surface area contributed by atoms with Crippen LogP contribution in [0.3, 0.4) is 0 Å². The fraction of sp³-hybridized carbons (Fsp3) is 0.733. The second-order valence-electron chi connectivity index (χ2n) is 6.65. The first-order valence-electron chi connectivity index (χ1n) is 7.13. The minimum absolute atomic E-state index is 0.482. The summed E-state index contributed by atoms with van der Waals surface area (Å²) in [5, 5.41) is 3.53. The summed E-state index contributed by atoms with van der Waals surface area (Å²) in [4.78, 5) is 2.55. The van der Waals surface area contributed by atoms with Crippen LogP contribution in [0.5, 0.6) is 0 Å². The number of nitrogens with one attached hydrogen (secondary N) is 1. The molecule has 2 aliphatic rings. The zero-order valence-corrected chi connectivity index (χ0v) is 11.5. The number of likely N-dealkylation sites (tertiary alicyclic amines) is 1. The first-order valence-corrected chi connectivity index (χ1v) is 7.13. The quantitative estimate of drug-likeness (QED) is 0.868. The molecule has 18 heavy (non-hydrogen) atoms. The van der Waals surface area contributed by atoms with Gasteiger partial charge in [0.25, 0.3) is 0 Å². The van der Waals surface area contributed by atoms with Crippen LogP contribution >= 0.6 is 0 Å². The van der Waals surface area contributed by atoms with Crippen molar-refractivity contribution in [3.05, 3.63) is 23.7 Å². The lowest BCUT2D eigenvalue weighted by Gasteiger charge is -2.19. The van der Waals surface area contributed by atoms with Crippen LogP contribution in [-0.4, -0.2) is 24.0 Å². The Morgan fingerprint density at radius 3 is 2.94 bits per heavy atom. The fourth-order valence-corrected chi connectivity index (χ4v) is 2.79. The molecule has 3 rings (SSSR count). The molecular formula is C15H24N2O. The lowest BCUT2D eigenvalue weighted by molar-refractivity contribution is 0.282. The van der Waals surface area contributed by atoms with Crippen molar-refractivity contribution in [1.82, 2.24) is 10.2 Å². The average Bonchev–Trinajstić information content (AvgIpc) is 2.94. The molecule has 1 saturated heterocycles. The van der Waals surface area contributed by atoms with E-state index < -0.39 is 0 Å². The van der Waals surface area contributed by atoms with Gasteiger partial charge in [0.15, 0.2) is 0 Å². The highest BCUT2D eigenvalue weighted by atomic mass is 16.3. The molecule has 2 heterocycles. The summed E-state index contributed by atoms with van der Waals surface area (Å²) in [6.07, 6.45) is 5.80. The number of hydrogen-bond donors (Lipinski definition) is 1. The van der Waals surface area contributed by atoms with Crippen LogP contribution in [0.25, 0.3) is 0 Å². The van der Waals surface area contributed by atoms with E-state index in [1.165, 1.54) is 37.9 Å². The summed E-state index contributed by atoms with van der Waals surface area (Å²) in [6, 6.07) is 2.88. The van der Waals surface area contributed by atoms with Gasteiger partial charge < -0.3 is 9.73 Å². The molecule has 1 aliphatic heterocycles. The van der Waals surface area contributed by atoms with Crippen molar-refractivity contribution in [2.75, 3.05) is 13.1 Å². The van der Waals surface area contributed by atoms with E-state index in [9.17, 15) is 0 Å². The van der Waals surface area contributed by atoms with Gasteiger partial charge in [0, 0.05) is 24.7 Å². The van der Waals surface area contributed by atoms with Gasteiger partial charge in [-0.25, -0.2) is 0 Å². The normalized spacial score (nSPS) is 23.7. The van der Waals surface area contributed by atoms with Crippen LogP contribution in [0.1, 0.15) is 44.4 Å². The van der Waals surface area contributed by atoms with Crippen LogP contribution in [0, 0.1) is 5.41 Å². The van der Waals surface area contributed by atoms with Crippen molar-refractivity contribution < 1.29 is 4.42 Å². The monoisotopic (exact) mass is 248 g/mol. The number of furan rings is 1. The van der Waals surface area contributed by atoms with E-state index >= 15 is 0 Å². The molecule has 0 aromatic carbocycles. The van der Waals surface area contributed by atoms with Gasteiger partial charge in [-0.2, -0.15) is 0 Å². The van der Waals surface area contributed by atoms with Gasteiger partial charge in [0.05, 0.1) is 12.8 Å². The number of rotatable bonds is 5. The molecule has 0 atom stereocenters. The Morgan fingerprint density at radius 1 is 1.44 bits per heavy atom. The van der Waals surface area contributed by atoms with Gasteiger partial charge in [-0.3, -0.25) is 4.90 Å². The maximum absolute atomic E-state index is 5.62. The number of hydrogen-bond acceptors (Lipinski definition) is 3. The van der Waals surface area contributed by atoms with E-state index in [0.717, 1.165) is 24.9 Å². The van der Waals surface area contributed by atoms with E-state index in [2.05, 4.69) is 30.1 Å². The molecule has 0 unspecified atom stereocenters. The molecule has 0 radical (unpaired) electrons. The van der Waals surface area contributed by atoms with Gasteiger partial charge in [-0.1, -0.05) is 13.8 Å². The third kappa shape index (κ3) is 2.96. The maximum atomic E-state index is 5.62. The molecule has 1 saturated carbocycles. The fourth-order valence-electron chi connectivity index (χ4n) is 2.79. The lowest BCUT2D eigenvalue weighted by Crippen LogP contribution is -2.24. The molecular weight excluding hydrogens is 224 g/mol. The molecule has 1 aliphatic carbocycles. The Kier molecular flexibility index (Phi) is 3.20. The van der Waals surface area contributed by atoms with Crippen LogP contribution in [0.4, 0.5) is 0 Å². The van der Waals surface area contributed by atoms with E-state index in [-0.39, 0.29) is 0 Å². The van der Waals surface area contributed by atoms with Gasteiger partial charge in [0.2, 0.25) is 0 Å². The standard InChI is InChI=1S/C15H24N2O/c1-15(2)6-7-17(11-15)10-12-5-8-18-14(12)9-16-13-3-4-13/h5,8,13,16H,3-4,6-7,9-11H2,1-2H3. The van der Waals surface area contributed by atoms with Crippen molar-refractivity contribution >= 4 is 0 Å². The maximum Gasteiger partial charge on any atom is 0.122 e. The Hall–Kier alpha value is -0.800. The van der Waals surface area contributed by atoms with Gasteiger partial charge in [-0.05, 0) is 37.3 Å². The third-order valence-electron chi connectivity index (χ3n) is 4.12. The Balaban J connectivity index is 1.57. The Labute approximate surface area is 110 Å². The first kappa shape index (κ1) is 12.2. The van der Waals surface area contributed by atoms with E-state index in [4.69, 9.17) is 4.42 Å². The highest BCUT2D eigenvalue weighted by Crippen LogP contribution is 2.30. The van der Waals surface area contributed by atoms with Gasteiger partial charge in [0.1, 0.15) is 5.76 Å². The minimum atomic E-state index is 0.482. The minimum Gasteiger partial charge on any atom is -0.468 e. The van der Waals surface area contributed by atoms with Crippen LogP contribution in [-0.2, 0) is 13.1 Å². The highest BCUT2D eigenvalue weighted by Gasteiger charge is 2.29. The van der Waals surface area contributed by atoms with Crippen LogP contribution < -0.4 is 5.32 Å². The second-order valence-corrected chi connectivity index (χ2v) is 6.65. The SMILES string of the molecule is CC1(C)CCN(Cc2ccoc2CNC2CC2)C1. The van der Waals surface area contributed by atoms with Crippen molar-refractivity contribution in [1.29, 1.82) is 0 Å². The predicted octanol–water partition coefficient (Wildman–Crippen LogP) is 2.76. The summed E-state index contributed by atoms with van der Waals surface area (Å²) in [7, 11) is 0. The zero-order chi connectivity index (χ0) is 12.6. The van der Waals surface area contributed by atoms with E-state index in [0.29, 0.717) is 5.41 Å². The van der Waals surface area contributed by atoms with E-state index in [1.54, 1.807) is 0 Å². The molecule has 0 amide bonds. The molecule has 3 nitrogen and oxygen atoms in total. The predicted molar refractivity (Wildman–Crippen MR) is 72.2 cm³/mol. The lowest BCUT2D eigenvalue weighted by atomic mass is 9.93. The van der Waals surface area contributed by atoms with Gasteiger partial charge >= 0.3 is 0 Å². The molecule has 0 spiro atoms. The Bertz CT molecular complexity index is 406. The Morgan fingerprint density at radius 2 is 2.28 bits per heavy atom. The molecule has 2 fully saturated rings. The largest absolute Gasteiger partial charge is 0.468 e. The molecule has 1 aromatic heterocycles. The molecule has 0 bridgehead atoms. The smallest absolute Gasteiger partial charge is 0.122 e. The van der Waals surface area contributed by atoms with Gasteiger partial charge in [-0.15, -0.1) is 0 Å². The number of nitrogens with zero attached hydrogens (tertiary/aromatic N) is 1. The van der Waals surface area contributed by atoms with Crippen molar-refractivity contribution in [3.63, 3.8) is 0 Å². The van der Waals surface area contributed by atoms with Crippen LogP contribution in [0.15, 0.2) is 16.7 Å². The first-order chi connectivity index (χ1) is 8.62. The molecule has 3 heteroatoms. The summed E-state index contributed by atoms with van der Waals surface area (Å²) in [5.41, 5.74) is 1.84. The van der Waals surface area contributed by atoms with Crippen molar-refractivity contribution in [2.45, 2.75) is 52.2 Å². The summed E-state index contributed by atoms with van der Waals surface area (Å²) < 4.78 is 5.62. The van der Waals surface area contributed by atoms with Crippen molar-refractivity contribution in [3.8, 4) is 0 Å². The zero-order valence-electron chi connectivity index (χ0n) is 11.5. The van der Waals surface area contributed by atoms with Crippen LogP contribution in [0.2, 0.25) is 0 Å². The molecule has 1 N–H and O–H groups in total. The van der Waals surface area contributed by atoms with E-state index in [1.807, 2.05) is 6.26 Å². The summed E-state index contributed by atoms with van der Waals surface area (Å²) >= 11 is 0. The molecule has 100 valence electrons. The molecule has 1 aromatic rings. The topological polar surface area (TPSA) is 28.4 Å². The highest BCUT2D eigenvalue weighted by molar-refractivity contribution is 5.17.